The molecule has 1 amide bonds. The fraction of sp³-hybridized carbons (Fsp3) is 0.294. The Kier molecular flexibility index (Phi) is 6.74. The van der Waals surface area contributed by atoms with Gasteiger partial charge in [0.1, 0.15) is 0 Å². The fourth-order valence-corrected chi connectivity index (χ4v) is 2.26. The van der Waals surface area contributed by atoms with Crippen LogP contribution in [0.25, 0.3) is 5.69 Å². The van der Waals surface area contributed by atoms with Crippen LogP contribution < -0.4 is 5.32 Å². The van der Waals surface area contributed by atoms with Crippen molar-refractivity contribution in [2.75, 3.05) is 13.2 Å². The van der Waals surface area contributed by atoms with Crippen LogP contribution in [0.1, 0.15) is 24.2 Å². The Morgan fingerprint density at radius 3 is 2.42 bits per heavy atom. The number of amides is 1. The van der Waals surface area contributed by atoms with Gasteiger partial charge in [-0.1, -0.05) is 17.7 Å². The minimum absolute atomic E-state index is 0.0668. The van der Waals surface area contributed by atoms with Gasteiger partial charge in [-0.2, -0.15) is 5.10 Å². The molecule has 0 spiro atoms. The monoisotopic (exact) mass is 379 g/mol. The third-order valence-corrected chi connectivity index (χ3v) is 3.47. The van der Waals surface area contributed by atoms with E-state index < -0.39 is 23.9 Å². The first-order valence-corrected chi connectivity index (χ1v) is 8.28. The lowest BCUT2D eigenvalue weighted by atomic mass is 10.2. The number of nitrogens with one attached hydrogen (secondary N) is 1. The molecule has 0 aliphatic heterocycles. The number of benzene rings is 1. The van der Waals surface area contributed by atoms with Gasteiger partial charge in [0.15, 0.2) is 0 Å². The standard InChI is InChI=1S/C17H18ClN3O5/c1-3-25-16(23)14(17(24)26-4-2)20-15(22)11-9-19-21(10-11)13-7-5-6-12(18)8-13/h5-10,14H,3-4H2,1-2H3,(H,20,22). The molecule has 0 atom stereocenters. The molecule has 0 bridgehead atoms. The zero-order valence-electron chi connectivity index (χ0n) is 14.3. The molecule has 26 heavy (non-hydrogen) atoms. The van der Waals surface area contributed by atoms with Crippen LogP contribution in [-0.4, -0.2) is 46.9 Å². The molecule has 138 valence electrons. The number of ether oxygens (including phenoxy) is 2. The average Bonchev–Trinajstić information content (AvgIpc) is 3.10. The maximum Gasteiger partial charge on any atom is 0.340 e. The number of esters is 2. The Morgan fingerprint density at radius 1 is 1.19 bits per heavy atom. The quantitative estimate of drug-likeness (QED) is 0.581. The molecule has 0 aliphatic carbocycles. The molecule has 1 aromatic carbocycles. The van der Waals surface area contributed by atoms with Crippen LogP contribution in [0, 0.1) is 0 Å². The minimum atomic E-state index is -1.54. The van der Waals surface area contributed by atoms with E-state index in [1.54, 1.807) is 38.1 Å². The second-order valence-electron chi connectivity index (χ2n) is 5.06. The molecule has 1 N–H and O–H groups in total. The van der Waals surface area contributed by atoms with Crippen LogP contribution in [0.4, 0.5) is 0 Å². The fourth-order valence-electron chi connectivity index (χ4n) is 2.08. The first-order valence-electron chi connectivity index (χ1n) is 7.91. The summed E-state index contributed by atoms with van der Waals surface area (Å²) in [6, 6.07) is 5.36. The van der Waals surface area contributed by atoms with Crippen molar-refractivity contribution in [1.82, 2.24) is 15.1 Å². The van der Waals surface area contributed by atoms with Gasteiger partial charge in [-0.3, -0.25) is 4.79 Å². The van der Waals surface area contributed by atoms with Gasteiger partial charge in [0.05, 0.1) is 30.7 Å². The zero-order chi connectivity index (χ0) is 19.1. The van der Waals surface area contributed by atoms with Crippen LogP contribution in [-0.2, 0) is 19.1 Å². The smallest absolute Gasteiger partial charge is 0.340 e. The van der Waals surface area contributed by atoms with Gasteiger partial charge in [-0.05, 0) is 32.0 Å². The number of hydrogen-bond donors (Lipinski definition) is 1. The molecular formula is C17H18ClN3O5. The molecule has 9 heteroatoms. The van der Waals surface area contributed by atoms with Crippen molar-refractivity contribution in [2.24, 2.45) is 0 Å². The van der Waals surface area contributed by atoms with E-state index in [0.717, 1.165) is 0 Å². The normalized spacial score (nSPS) is 10.5. The maximum absolute atomic E-state index is 12.4. The first-order chi connectivity index (χ1) is 12.5. The lowest BCUT2D eigenvalue weighted by Gasteiger charge is -2.15. The zero-order valence-corrected chi connectivity index (χ0v) is 15.0. The highest BCUT2D eigenvalue weighted by Crippen LogP contribution is 2.14. The van der Waals surface area contributed by atoms with Gasteiger partial charge in [-0.25, -0.2) is 14.3 Å². The molecule has 1 aromatic heterocycles. The van der Waals surface area contributed by atoms with Crippen molar-refractivity contribution in [3.8, 4) is 5.69 Å². The summed E-state index contributed by atoms with van der Waals surface area (Å²) in [4.78, 5) is 36.2. The first kappa shape index (κ1) is 19.5. The molecule has 1 heterocycles. The Bertz CT molecular complexity index is 787. The summed E-state index contributed by atoms with van der Waals surface area (Å²) in [7, 11) is 0. The average molecular weight is 380 g/mol. The largest absolute Gasteiger partial charge is 0.464 e. The van der Waals surface area contributed by atoms with Crippen molar-refractivity contribution in [3.63, 3.8) is 0 Å². The van der Waals surface area contributed by atoms with E-state index in [0.29, 0.717) is 10.7 Å². The van der Waals surface area contributed by atoms with E-state index >= 15 is 0 Å². The summed E-state index contributed by atoms with van der Waals surface area (Å²) in [6.45, 7) is 3.32. The van der Waals surface area contributed by atoms with Gasteiger partial charge >= 0.3 is 11.9 Å². The molecule has 2 aromatic rings. The minimum Gasteiger partial charge on any atom is -0.464 e. The summed E-state index contributed by atoms with van der Waals surface area (Å²) < 4.78 is 11.1. The highest BCUT2D eigenvalue weighted by molar-refractivity contribution is 6.30. The highest BCUT2D eigenvalue weighted by atomic mass is 35.5. The summed E-state index contributed by atoms with van der Waals surface area (Å²) in [5.74, 6) is -2.44. The SMILES string of the molecule is CCOC(=O)C(NC(=O)c1cnn(-c2cccc(Cl)c2)c1)C(=O)OCC. The number of halogens is 1. The summed E-state index contributed by atoms with van der Waals surface area (Å²) >= 11 is 5.94. The molecule has 0 unspecified atom stereocenters. The van der Waals surface area contributed by atoms with Crippen LogP contribution in [0.2, 0.25) is 5.02 Å². The van der Waals surface area contributed by atoms with Crippen molar-refractivity contribution in [1.29, 1.82) is 0 Å². The van der Waals surface area contributed by atoms with Gasteiger partial charge < -0.3 is 14.8 Å². The summed E-state index contributed by atoms with van der Waals surface area (Å²) in [5.41, 5.74) is 0.812. The lowest BCUT2D eigenvalue weighted by molar-refractivity contribution is -0.157. The van der Waals surface area contributed by atoms with E-state index in [9.17, 15) is 14.4 Å². The molecule has 0 saturated heterocycles. The molecule has 0 fully saturated rings. The van der Waals surface area contributed by atoms with E-state index in [2.05, 4.69) is 10.4 Å². The lowest BCUT2D eigenvalue weighted by Crippen LogP contribution is -2.48. The van der Waals surface area contributed by atoms with Gasteiger partial charge in [0.2, 0.25) is 6.04 Å². The van der Waals surface area contributed by atoms with Crippen LogP contribution in [0.15, 0.2) is 36.7 Å². The predicted octanol–water partition coefficient (Wildman–Crippen LogP) is 1.75. The Labute approximate surface area is 155 Å². The summed E-state index contributed by atoms with van der Waals surface area (Å²) in [6.07, 6.45) is 2.76. The van der Waals surface area contributed by atoms with Gasteiger partial charge in [-0.15, -0.1) is 0 Å². The molecule has 0 saturated carbocycles. The van der Waals surface area contributed by atoms with Crippen molar-refractivity contribution in [3.05, 3.63) is 47.2 Å². The van der Waals surface area contributed by atoms with E-state index in [4.69, 9.17) is 21.1 Å². The summed E-state index contributed by atoms with van der Waals surface area (Å²) in [5, 5.41) is 6.92. The van der Waals surface area contributed by atoms with Crippen molar-refractivity contribution in [2.45, 2.75) is 19.9 Å². The van der Waals surface area contributed by atoms with Crippen LogP contribution in [0.3, 0.4) is 0 Å². The number of carbonyl (C=O) groups is 3. The maximum atomic E-state index is 12.4. The van der Waals surface area contributed by atoms with E-state index in [1.165, 1.54) is 17.1 Å². The molecule has 8 nitrogen and oxygen atoms in total. The number of aromatic nitrogens is 2. The third-order valence-electron chi connectivity index (χ3n) is 3.24. The highest BCUT2D eigenvalue weighted by Gasteiger charge is 2.31. The molecule has 2 rings (SSSR count). The van der Waals surface area contributed by atoms with Crippen LogP contribution in [0.5, 0.6) is 0 Å². The number of nitrogens with zero attached hydrogens (tertiary/aromatic N) is 2. The Hall–Kier alpha value is -2.87. The van der Waals surface area contributed by atoms with Crippen molar-refractivity contribution < 1.29 is 23.9 Å². The van der Waals surface area contributed by atoms with Crippen LogP contribution >= 0.6 is 11.6 Å². The second-order valence-corrected chi connectivity index (χ2v) is 5.50. The number of rotatable bonds is 7. The number of hydrogen-bond acceptors (Lipinski definition) is 6. The molecule has 0 radical (unpaired) electrons. The second kappa shape index (κ2) is 9.00. The Balaban J connectivity index is 2.16. The molecular weight excluding hydrogens is 362 g/mol. The van der Waals surface area contributed by atoms with E-state index in [1.807, 2.05) is 0 Å². The van der Waals surface area contributed by atoms with Gasteiger partial charge in [0, 0.05) is 11.2 Å². The number of carbonyl (C=O) groups excluding carboxylic acids is 3. The Morgan fingerprint density at radius 2 is 1.85 bits per heavy atom. The van der Waals surface area contributed by atoms with Crippen molar-refractivity contribution >= 4 is 29.4 Å². The topological polar surface area (TPSA) is 99.5 Å². The third kappa shape index (κ3) is 4.82. The molecule has 0 aliphatic rings. The van der Waals surface area contributed by atoms with Gasteiger partial charge in [0.25, 0.3) is 5.91 Å². The predicted molar refractivity (Wildman–Crippen MR) is 93.1 cm³/mol. The van der Waals surface area contributed by atoms with E-state index in [-0.39, 0.29) is 18.8 Å².